The Kier molecular flexibility index (Phi) is 7.05. The Balaban J connectivity index is 1.49. The Morgan fingerprint density at radius 1 is 1.09 bits per heavy atom. The van der Waals surface area contributed by atoms with Crippen LogP contribution in [0.5, 0.6) is 5.75 Å². The van der Waals surface area contributed by atoms with Crippen molar-refractivity contribution in [1.82, 2.24) is 9.29 Å². The molecule has 0 saturated carbocycles. The van der Waals surface area contributed by atoms with E-state index in [-0.39, 0.29) is 16.8 Å². The maximum Gasteiger partial charge on any atom is 0.255 e. The third-order valence-corrected chi connectivity index (χ3v) is 7.59. The molecule has 1 atom stereocenters. The number of pyridine rings is 1. The zero-order valence-corrected chi connectivity index (χ0v) is 19.3. The fourth-order valence-corrected chi connectivity index (χ4v) is 5.70. The number of piperidine rings is 1. The minimum absolute atomic E-state index is 0.206. The fraction of sp³-hybridized carbons (Fsp3) is 0.280. The Bertz CT molecular complexity index is 1180. The second kappa shape index (κ2) is 10.1. The number of carbonyl (C=O) groups is 1. The van der Waals surface area contributed by atoms with Gasteiger partial charge in [-0.1, -0.05) is 12.5 Å². The van der Waals surface area contributed by atoms with Gasteiger partial charge in [-0.3, -0.25) is 9.78 Å². The molecule has 0 spiro atoms. The van der Waals surface area contributed by atoms with Crippen molar-refractivity contribution in [3.8, 4) is 5.75 Å². The molecule has 1 aliphatic rings. The maximum atomic E-state index is 13.4. The highest BCUT2D eigenvalue weighted by molar-refractivity contribution is 7.89. The van der Waals surface area contributed by atoms with Crippen molar-refractivity contribution in [2.45, 2.75) is 37.1 Å². The van der Waals surface area contributed by atoms with E-state index in [0.29, 0.717) is 30.2 Å². The summed E-state index contributed by atoms with van der Waals surface area (Å²) < 4.78 is 33.8. The van der Waals surface area contributed by atoms with Crippen LogP contribution in [0.25, 0.3) is 0 Å². The van der Waals surface area contributed by atoms with Crippen LogP contribution in [0.3, 0.4) is 0 Å². The van der Waals surface area contributed by atoms with Crippen molar-refractivity contribution >= 4 is 21.6 Å². The molecule has 0 unspecified atom stereocenters. The Labute approximate surface area is 194 Å². The third-order valence-electron chi connectivity index (χ3n) is 5.67. The number of hydrogen-bond donors (Lipinski definition) is 1. The van der Waals surface area contributed by atoms with Crippen LogP contribution in [0.15, 0.2) is 78.0 Å². The normalized spacial score (nSPS) is 16.8. The lowest BCUT2D eigenvalue weighted by Crippen LogP contribution is -2.38. The van der Waals surface area contributed by atoms with E-state index < -0.39 is 10.0 Å². The average Bonchev–Trinajstić information content (AvgIpc) is 2.85. The lowest BCUT2D eigenvalue weighted by atomic mass is 9.99. The van der Waals surface area contributed by atoms with Gasteiger partial charge in [0.1, 0.15) is 5.75 Å². The molecule has 33 heavy (non-hydrogen) atoms. The number of benzene rings is 2. The van der Waals surface area contributed by atoms with Gasteiger partial charge < -0.3 is 10.1 Å². The van der Waals surface area contributed by atoms with Gasteiger partial charge in [0.25, 0.3) is 5.91 Å². The van der Waals surface area contributed by atoms with Gasteiger partial charge in [-0.2, -0.15) is 4.31 Å². The van der Waals surface area contributed by atoms with Gasteiger partial charge in [-0.25, -0.2) is 8.42 Å². The van der Waals surface area contributed by atoms with Crippen LogP contribution >= 0.6 is 0 Å². The molecule has 0 aliphatic carbocycles. The number of ether oxygens (including phenoxy) is 1. The summed E-state index contributed by atoms with van der Waals surface area (Å²) in [6, 6.07) is 16.7. The smallest absolute Gasteiger partial charge is 0.255 e. The van der Waals surface area contributed by atoms with Gasteiger partial charge in [0.2, 0.25) is 10.0 Å². The van der Waals surface area contributed by atoms with Crippen molar-refractivity contribution < 1.29 is 17.9 Å². The zero-order chi connectivity index (χ0) is 23.3. The maximum absolute atomic E-state index is 13.4. The van der Waals surface area contributed by atoms with Crippen LogP contribution in [-0.2, 0) is 10.0 Å². The van der Waals surface area contributed by atoms with E-state index in [1.54, 1.807) is 53.1 Å². The molecule has 1 saturated heterocycles. The quantitative estimate of drug-likeness (QED) is 0.549. The molecule has 0 radical (unpaired) electrons. The van der Waals surface area contributed by atoms with E-state index in [9.17, 15) is 13.2 Å². The first-order valence-electron chi connectivity index (χ1n) is 11.0. The molecular formula is C25H27N3O4S. The lowest BCUT2D eigenvalue weighted by molar-refractivity contribution is 0.102. The number of amides is 1. The highest BCUT2D eigenvalue weighted by atomic mass is 32.2. The number of nitrogens with zero attached hydrogens (tertiary/aromatic N) is 2. The van der Waals surface area contributed by atoms with Crippen molar-refractivity contribution in [2.75, 3.05) is 18.5 Å². The molecule has 7 nitrogen and oxygen atoms in total. The third kappa shape index (κ3) is 5.23. The lowest BCUT2D eigenvalue weighted by Gasteiger charge is -2.34. The van der Waals surface area contributed by atoms with Gasteiger partial charge in [0.05, 0.1) is 17.5 Å². The summed E-state index contributed by atoms with van der Waals surface area (Å²) in [5, 5.41) is 2.81. The Morgan fingerprint density at radius 2 is 1.85 bits per heavy atom. The van der Waals surface area contributed by atoms with Crippen LogP contribution in [0, 0.1) is 0 Å². The first kappa shape index (κ1) is 22.9. The fourth-order valence-electron chi connectivity index (χ4n) is 4.02. The van der Waals surface area contributed by atoms with E-state index >= 15 is 0 Å². The molecule has 1 aromatic heterocycles. The minimum atomic E-state index is -3.69. The molecule has 172 valence electrons. The molecule has 3 aromatic rings. The molecule has 1 N–H and O–H groups in total. The molecule has 2 heterocycles. The molecule has 4 rings (SSSR count). The molecule has 0 bridgehead atoms. The van der Waals surface area contributed by atoms with Crippen molar-refractivity contribution in [2.24, 2.45) is 0 Å². The van der Waals surface area contributed by atoms with E-state index in [0.717, 1.165) is 24.8 Å². The molecule has 1 fully saturated rings. The number of sulfonamides is 1. The largest absolute Gasteiger partial charge is 0.494 e. The summed E-state index contributed by atoms with van der Waals surface area (Å²) in [6.07, 6.45) is 5.99. The van der Waals surface area contributed by atoms with Gasteiger partial charge in [0.15, 0.2) is 0 Å². The number of hydrogen-bond acceptors (Lipinski definition) is 5. The highest BCUT2D eigenvalue weighted by Gasteiger charge is 2.34. The summed E-state index contributed by atoms with van der Waals surface area (Å²) >= 11 is 0. The second-order valence-electron chi connectivity index (χ2n) is 7.85. The SMILES string of the molecule is CCOc1ccc(C(=O)Nc2ccc(S(=O)(=O)N3CCCC[C@@H]3c3cccnc3)cc2)cc1. The summed E-state index contributed by atoms with van der Waals surface area (Å²) in [5.74, 6) is 0.423. The van der Waals surface area contributed by atoms with Crippen molar-refractivity contribution in [3.63, 3.8) is 0 Å². The van der Waals surface area contributed by atoms with Gasteiger partial charge in [-0.05, 0) is 79.9 Å². The predicted octanol–water partition coefficient (Wildman–Crippen LogP) is 4.65. The Hall–Kier alpha value is -3.23. The van der Waals surface area contributed by atoms with Crippen molar-refractivity contribution in [1.29, 1.82) is 0 Å². The summed E-state index contributed by atoms with van der Waals surface area (Å²) in [6.45, 7) is 2.92. The van der Waals surface area contributed by atoms with Crippen LogP contribution < -0.4 is 10.1 Å². The van der Waals surface area contributed by atoms with Crippen LogP contribution in [0.2, 0.25) is 0 Å². The first-order valence-corrected chi connectivity index (χ1v) is 12.5. The summed E-state index contributed by atoms with van der Waals surface area (Å²) in [4.78, 5) is 16.9. The first-order chi connectivity index (χ1) is 16.0. The van der Waals surface area contributed by atoms with Crippen molar-refractivity contribution in [3.05, 3.63) is 84.2 Å². The second-order valence-corrected chi connectivity index (χ2v) is 9.74. The summed E-state index contributed by atoms with van der Waals surface area (Å²) in [5.41, 5.74) is 1.91. The monoisotopic (exact) mass is 465 g/mol. The van der Waals surface area contributed by atoms with E-state index in [1.807, 2.05) is 19.1 Å². The van der Waals surface area contributed by atoms with Crippen LogP contribution in [-0.4, -0.2) is 36.8 Å². The van der Waals surface area contributed by atoms with E-state index in [4.69, 9.17) is 4.74 Å². The van der Waals surface area contributed by atoms with Gasteiger partial charge in [-0.15, -0.1) is 0 Å². The number of anilines is 1. The van der Waals surface area contributed by atoms with Crippen LogP contribution in [0.4, 0.5) is 5.69 Å². The highest BCUT2D eigenvalue weighted by Crippen LogP contribution is 2.35. The molecule has 1 aliphatic heterocycles. The molecular weight excluding hydrogens is 438 g/mol. The van der Waals surface area contributed by atoms with Gasteiger partial charge >= 0.3 is 0 Å². The molecule has 2 aromatic carbocycles. The number of aromatic nitrogens is 1. The summed E-state index contributed by atoms with van der Waals surface area (Å²) in [7, 11) is -3.69. The molecule has 1 amide bonds. The minimum Gasteiger partial charge on any atom is -0.494 e. The number of rotatable bonds is 7. The molecule has 8 heteroatoms. The van der Waals surface area contributed by atoms with E-state index in [1.165, 1.54) is 12.1 Å². The topological polar surface area (TPSA) is 88.6 Å². The number of carbonyl (C=O) groups excluding carboxylic acids is 1. The zero-order valence-electron chi connectivity index (χ0n) is 18.5. The predicted molar refractivity (Wildman–Crippen MR) is 127 cm³/mol. The standard InChI is InChI=1S/C25H27N3O4S/c1-2-32-22-12-8-19(9-13-22)25(29)27-21-10-14-23(15-11-21)33(30,31)28-17-4-3-7-24(28)20-6-5-16-26-18-20/h5-6,8-16,18,24H,2-4,7,17H2,1H3,(H,27,29)/t24-/m1/s1. The average molecular weight is 466 g/mol. The number of nitrogens with one attached hydrogen (secondary N) is 1. The van der Waals surface area contributed by atoms with Crippen LogP contribution in [0.1, 0.15) is 48.1 Å². The van der Waals surface area contributed by atoms with E-state index in [2.05, 4.69) is 10.3 Å². The Morgan fingerprint density at radius 3 is 2.52 bits per heavy atom. The van der Waals surface area contributed by atoms with Gasteiger partial charge in [0, 0.05) is 30.2 Å².